The largest absolute Gasteiger partial charge is 0.480 e. The number of nitrogens with two attached hydrogens (primary N) is 2. The predicted octanol–water partition coefficient (Wildman–Crippen LogP) is 2.18. The lowest BCUT2D eigenvalue weighted by atomic mass is 9.99. The minimum absolute atomic E-state index is 0.00383. The van der Waals surface area contributed by atoms with E-state index >= 15 is 0 Å². The molecular weight excluding hydrogens is 753 g/mol. The number of aliphatic carboxylic acids is 1. The first-order valence-electron chi connectivity index (χ1n) is 20.0. The van der Waals surface area contributed by atoms with Gasteiger partial charge in [-0.25, -0.2) is 4.79 Å². The van der Waals surface area contributed by atoms with Gasteiger partial charge < -0.3 is 47.7 Å². The van der Waals surface area contributed by atoms with E-state index in [9.17, 15) is 33.9 Å². The summed E-state index contributed by atoms with van der Waals surface area (Å²) in [6.07, 6.45) is 3.06. The molecule has 1 aromatic heterocycles. The number of para-hydroxylation sites is 1. The van der Waals surface area contributed by atoms with Crippen molar-refractivity contribution in [3.8, 4) is 0 Å². The second-order valence-corrected chi connectivity index (χ2v) is 15.2. The fourth-order valence-corrected chi connectivity index (χ4v) is 6.85. The standard InChI is InChI=1S/C44H58N8O7/c1-27(2)38(51-41(55)37(52(4)43(57)28(3)46)24-30-17-9-6-10-18-30)42(56)48-34(21-13-14-22-45)39(53)49-35(25-31-26-47-33-20-12-11-19-32(31)33)40(54)50-36(44(58)59)23-29-15-7-5-8-16-29/h5-12,15-20,26-28,34-38,47H,13-14,21-25,45-46H2,1-4H3,(H,48,56)(H,49,53)(H,50,54)(H,51,55)(H,58,59)/t28-,34+,35-,36-,37-,38-/m1/s1. The monoisotopic (exact) mass is 810 g/mol. The molecule has 5 amide bonds. The van der Waals surface area contributed by atoms with Crippen LogP contribution >= 0.6 is 0 Å². The molecule has 316 valence electrons. The molecule has 4 aromatic rings. The van der Waals surface area contributed by atoms with Crippen molar-refractivity contribution in [3.05, 3.63) is 108 Å². The highest BCUT2D eigenvalue weighted by Gasteiger charge is 2.35. The molecule has 0 saturated heterocycles. The van der Waals surface area contributed by atoms with Gasteiger partial charge in [0, 0.05) is 43.4 Å². The molecule has 3 aromatic carbocycles. The lowest BCUT2D eigenvalue weighted by Crippen LogP contribution is -2.60. The highest BCUT2D eigenvalue weighted by atomic mass is 16.4. The molecule has 0 fully saturated rings. The molecule has 1 heterocycles. The van der Waals surface area contributed by atoms with Crippen molar-refractivity contribution in [1.82, 2.24) is 31.2 Å². The number of hydrogen-bond acceptors (Lipinski definition) is 8. The number of hydrogen-bond donors (Lipinski definition) is 8. The number of nitrogens with one attached hydrogen (secondary N) is 5. The highest BCUT2D eigenvalue weighted by Crippen LogP contribution is 2.20. The molecule has 4 rings (SSSR count). The first kappa shape index (κ1) is 45.6. The van der Waals surface area contributed by atoms with Gasteiger partial charge in [0.15, 0.2) is 0 Å². The SMILES string of the molecule is CC(C)[C@@H](NC(=O)[C@@H](Cc1ccccc1)N(C)C(=O)[C@@H](C)N)C(=O)N[C@@H](CCCCN)C(=O)N[C@H](Cc1c[nH]c2ccccc12)C(=O)N[C@H](Cc1ccccc1)C(=O)O. The van der Waals surface area contributed by atoms with Gasteiger partial charge in [0.05, 0.1) is 6.04 Å². The number of likely N-dealkylation sites (N-methyl/N-ethyl adjacent to an activating group) is 1. The Kier molecular flexibility index (Phi) is 17.2. The number of carboxylic acid groups (broad SMARTS) is 1. The average molecular weight is 811 g/mol. The van der Waals surface area contributed by atoms with Gasteiger partial charge in [-0.2, -0.15) is 0 Å². The Balaban J connectivity index is 1.59. The Morgan fingerprint density at radius 1 is 0.678 bits per heavy atom. The second kappa shape index (κ2) is 22.2. The highest BCUT2D eigenvalue weighted by molar-refractivity contribution is 5.97. The summed E-state index contributed by atoms with van der Waals surface area (Å²) in [5.41, 5.74) is 14.7. The first-order valence-corrected chi connectivity index (χ1v) is 20.0. The minimum Gasteiger partial charge on any atom is -0.480 e. The van der Waals surface area contributed by atoms with Crippen LogP contribution in [0.5, 0.6) is 0 Å². The number of benzene rings is 3. The zero-order valence-corrected chi connectivity index (χ0v) is 34.2. The van der Waals surface area contributed by atoms with Gasteiger partial charge in [-0.3, -0.25) is 24.0 Å². The molecule has 6 atom stereocenters. The van der Waals surface area contributed by atoms with Crippen LogP contribution in [0, 0.1) is 5.92 Å². The molecule has 0 aliphatic carbocycles. The lowest BCUT2D eigenvalue weighted by Gasteiger charge is -2.32. The minimum atomic E-state index is -1.30. The fourth-order valence-electron chi connectivity index (χ4n) is 6.85. The van der Waals surface area contributed by atoms with Gasteiger partial charge in [0.2, 0.25) is 29.5 Å². The number of unbranched alkanes of at least 4 members (excludes halogenated alkanes) is 1. The van der Waals surface area contributed by atoms with Crippen molar-refractivity contribution in [2.45, 2.75) is 95.5 Å². The van der Waals surface area contributed by atoms with E-state index in [0.29, 0.717) is 30.5 Å². The number of aromatic amines is 1. The molecule has 15 nitrogen and oxygen atoms in total. The van der Waals surface area contributed by atoms with E-state index < -0.39 is 77.7 Å². The van der Waals surface area contributed by atoms with Crippen molar-refractivity contribution < 1.29 is 33.9 Å². The number of H-pyrrole nitrogens is 1. The van der Waals surface area contributed by atoms with Crippen molar-refractivity contribution in [2.75, 3.05) is 13.6 Å². The summed E-state index contributed by atoms with van der Waals surface area (Å²) in [6, 6.07) is 18.8. The van der Waals surface area contributed by atoms with Crippen LogP contribution in [0.3, 0.4) is 0 Å². The molecule has 0 spiro atoms. The maximum Gasteiger partial charge on any atom is 0.326 e. The van der Waals surface area contributed by atoms with E-state index in [-0.39, 0.29) is 25.7 Å². The first-order chi connectivity index (χ1) is 28.2. The van der Waals surface area contributed by atoms with Crippen LogP contribution in [0.25, 0.3) is 10.9 Å². The topological polar surface area (TPSA) is 242 Å². The van der Waals surface area contributed by atoms with Gasteiger partial charge in [0.25, 0.3) is 0 Å². The maximum atomic E-state index is 14.2. The third-order valence-corrected chi connectivity index (χ3v) is 10.2. The number of aromatic nitrogens is 1. The summed E-state index contributed by atoms with van der Waals surface area (Å²) in [6.45, 7) is 5.35. The van der Waals surface area contributed by atoms with Crippen LogP contribution < -0.4 is 32.7 Å². The number of carboxylic acids is 1. The summed E-state index contributed by atoms with van der Waals surface area (Å²) in [7, 11) is 1.49. The maximum absolute atomic E-state index is 14.2. The van der Waals surface area contributed by atoms with Gasteiger partial charge >= 0.3 is 5.97 Å². The van der Waals surface area contributed by atoms with E-state index in [2.05, 4.69) is 26.3 Å². The number of rotatable bonds is 22. The van der Waals surface area contributed by atoms with Crippen molar-refractivity contribution in [3.63, 3.8) is 0 Å². The number of amides is 5. The smallest absolute Gasteiger partial charge is 0.326 e. The van der Waals surface area contributed by atoms with Crippen molar-refractivity contribution >= 4 is 46.4 Å². The Labute approximate surface area is 345 Å². The molecule has 0 saturated carbocycles. The Hall–Kier alpha value is -6.06. The zero-order chi connectivity index (χ0) is 43.1. The third kappa shape index (κ3) is 13.2. The molecule has 0 aliphatic heterocycles. The summed E-state index contributed by atoms with van der Waals surface area (Å²) < 4.78 is 0. The van der Waals surface area contributed by atoms with E-state index in [1.54, 1.807) is 50.4 Å². The van der Waals surface area contributed by atoms with Gasteiger partial charge in [-0.1, -0.05) is 92.7 Å². The lowest BCUT2D eigenvalue weighted by molar-refractivity contribution is -0.142. The van der Waals surface area contributed by atoms with Gasteiger partial charge in [-0.15, -0.1) is 0 Å². The molecule has 0 bridgehead atoms. The van der Waals surface area contributed by atoms with E-state index in [1.807, 2.05) is 54.6 Å². The summed E-state index contributed by atoms with van der Waals surface area (Å²) in [5, 5.41) is 22.0. The fraction of sp³-hybridized carbons (Fsp3) is 0.409. The predicted molar refractivity (Wildman–Crippen MR) is 226 cm³/mol. The summed E-state index contributed by atoms with van der Waals surface area (Å²) in [4.78, 5) is 86.1. The van der Waals surface area contributed by atoms with Crippen LogP contribution in [0.1, 0.15) is 56.7 Å². The second-order valence-electron chi connectivity index (χ2n) is 15.2. The molecule has 59 heavy (non-hydrogen) atoms. The van der Waals surface area contributed by atoms with Crippen LogP contribution in [-0.4, -0.2) is 100 Å². The summed E-state index contributed by atoms with van der Waals surface area (Å²) >= 11 is 0. The van der Waals surface area contributed by atoms with E-state index in [1.165, 1.54) is 18.9 Å². The number of nitrogens with zero attached hydrogens (tertiary/aromatic N) is 1. The van der Waals surface area contributed by atoms with Crippen LogP contribution in [0.4, 0.5) is 0 Å². The molecular formula is C44H58N8O7. The third-order valence-electron chi connectivity index (χ3n) is 10.2. The average Bonchev–Trinajstić information content (AvgIpc) is 3.63. The van der Waals surface area contributed by atoms with Crippen molar-refractivity contribution in [1.29, 1.82) is 0 Å². The number of fused-ring (bicyclic) bond motifs is 1. The number of carbonyl (C=O) groups is 6. The number of carbonyl (C=O) groups excluding carboxylic acids is 5. The van der Waals surface area contributed by atoms with Crippen molar-refractivity contribution in [2.24, 2.45) is 17.4 Å². The molecule has 0 radical (unpaired) electrons. The zero-order valence-electron chi connectivity index (χ0n) is 34.2. The van der Waals surface area contributed by atoms with Crippen LogP contribution in [0.2, 0.25) is 0 Å². The van der Waals surface area contributed by atoms with Gasteiger partial charge in [0.1, 0.15) is 30.2 Å². The van der Waals surface area contributed by atoms with E-state index in [0.717, 1.165) is 16.5 Å². The quantitative estimate of drug-likeness (QED) is 0.0542. The van der Waals surface area contributed by atoms with Gasteiger partial charge in [-0.05, 0) is 61.4 Å². The Bertz CT molecular complexity index is 2020. The Morgan fingerprint density at radius 3 is 1.83 bits per heavy atom. The van der Waals surface area contributed by atoms with E-state index in [4.69, 9.17) is 11.5 Å². The Morgan fingerprint density at radius 2 is 1.24 bits per heavy atom. The summed E-state index contributed by atoms with van der Waals surface area (Å²) in [5.74, 6) is -4.77. The molecule has 0 unspecified atom stereocenters. The van der Waals surface area contributed by atoms with Crippen LogP contribution in [0.15, 0.2) is 91.1 Å². The molecule has 0 aliphatic rings. The normalized spacial score (nSPS) is 14.3. The molecule has 15 heteroatoms. The van der Waals surface area contributed by atoms with Crippen LogP contribution in [-0.2, 0) is 48.0 Å². The molecule has 10 N–H and O–H groups in total.